The summed E-state index contributed by atoms with van der Waals surface area (Å²) in [6.45, 7) is 6.29. The molecule has 0 saturated carbocycles. The van der Waals surface area contributed by atoms with Crippen LogP contribution in [0.3, 0.4) is 0 Å². The van der Waals surface area contributed by atoms with E-state index in [9.17, 15) is 4.39 Å². The Balaban J connectivity index is 2.21. The van der Waals surface area contributed by atoms with Gasteiger partial charge in [0.25, 0.3) is 0 Å². The van der Waals surface area contributed by atoms with Gasteiger partial charge in [0.2, 0.25) is 0 Å². The largest absolute Gasteiger partial charge is 0.244 e. The van der Waals surface area contributed by atoms with Crippen LogP contribution in [0.25, 0.3) is 22.3 Å². The van der Waals surface area contributed by atoms with E-state index in [0.29, 0.717) is 0 Å². The van der Waals surface area contributed by atoms with E-state index in [1.165, 1.54) is 12.1 Å². The highest BCUT2D eigenvalue weighted by Gasteiger charge is 2.20. The highest BCUT2D eigenvalue weighted by Crippen LogP contribution is 2.27. The van der Waals surface area contributed by atoms with Crippen molar-refractivity contribution in [3.8, 4) is 11.3 Å². The molecule has 0 spiro atoms. The molecule has 3 nitrogen and oxygen atoms in total. The van der Waals surface area contributed by atoms with E-state index in [-0.39, 0.29) is 11.2 Å². The molecule has 4 heteroatoms. The third-order valence-corrected chi connectivity index (χ3v) is 3.33. The van der Waals surface area contributed by atoms with Crippen LogP contribution in [0.5, 0.6) is 0 Å². The molecule has 0 aliphatic heterocycles. The molecule has 21 heavy (non-hydrogen) atoms. The lowest BCUT2D eigenvalue weighted by Crippen LogP contribution is -2.15. The van der Waals surface area contributed by atoms with Gasteiger partial charge < -0.3 is 0 Å². The van der Waals surface area contributed by atoms with Gasteiger partial charge in [-0.2, -0.15) is 0 Å². The average Bonchev–Trinajstić information content (AvgIpc) is 2.46. The second kappa shape index (κ2) is 4.88. The minimum Gasteiger partial charge on any atom is -0.244 e. The van der Waals surface area contributed by atoms with Crippen molar-refractivity contribution in [2.24, 2.45) is 0 Å². The van der Waals surface area contributed by atoms with Crippen LogP contribution in [0.15, 0.2) is 42.7 Å². The molecular formula is C17H16FN3. The lowest BCUT2D eigenvalue weighted by atomic mass is 9.90. The summed E-state index contributed by atoms with van der Waals surface area (Å²) in [5, 5.41) is 0. The van der Waals surface area contributed by atoms with Gasteiger partial charge in [0.15, 0.2) is 0 Å². The molecular weight excluding hydrogens is 265 g/mol. The molecule has 2 aromatic heterocycles. The van der Waals surface area contributed by atoms with E-state index in [1.54, 1.807) is 18.5 Å². The third kappa shape index (κ3) is 2.61. The van der Waals surface area contributed by atoms with E-state index in [4.69, 9.17) is 4.98 Å². The molecule has 0 amide bonds. The van der Waals surface area contributed by atoms with Gasteiger partial charge in [-0.05, 0) is 36.4 Å². The van der Waals surface area contributed by atoms with Crippen molar-refractivity contribution in [1.82, 2.24) is 15.0 Å². The molecule has 0 bridgehead atoms. The van der Waals surface area contributed by atoms with Crippen LogP contribution in [0, 0.1) is 5.82 Å². The first-order valence-corrected chi connectivity index (χ1v) is 6.83. The smallest absolute Gasteiger partial charge is 0.123 e. The minimum absolute atomic E-state index is 0.115. The first-order chi connectivity index (χ1) is 9.95. The van der Waals surface area contributed by atoms with Crippen LogP contribution < -0.4 is 0 Å². The van der Waals surface area contributed by atoms with Crippen LogP contribution in [0.1, 0.15) is 26.5 Å². The fraction of sp³-hybridized carbons (Fsp3) is 0.235. The Kier molecular flexibility index (Phi) is 3.16. The second-order valence-electron chi connectivity index (χ2n) is 6.04. The molecule has 0 radical (unpaired) electrons. The normalized spacial score (nSPS) is 11.8. The number of halogens is 1. The van der Waals surface area contributed by atoms with Crippen LogP contribution in [-0.4, -0.2) is 15.0 Å². The standard InChI is InChI=1S/C17H16FN3/c1-17(2,3)16-15-14(19-10-20-16)9-8-13(21-15)11-4-6-12(18)7-5-11/h4-10H,1-3H3. The van der Waals surface area contributed by atoms with Crippen LogP contribution in [0.2, 0.25) is 0 Å². The summed E-state index contributed by atoms with van der Waals surface area (Å²) < 4.78 is 13.0. The predicted molar refractivity (Wildman–Crippen MR) is 81.4 cm³/mol. The van der Waals surface area contributed by atoms with E-state index >= 15 is 0 Å². The summed E-state index contributed by atoms with van der Waals surface area (Å²) in [6.07, 6.45) is 1.57. The molecule has 0 saturated heterocycles. The van der Waals surface area contributed by atoms with Gasteiger partial charge in [-0.3, -0.25) is 0 Å². The van der Waals surface area contributed by atoms with E-state index in [2.05, 4.69) is 30.7 Å². The van der Waals surface area contributed by atoms with Crippen LogP contribution >= 0.6 is 0 Å². The summed E-state index contributed by atoms with van der Waals surface area (Å²) >= 11 is 0. The Bertz CT molecular complexity index is 789. The SMILES string of the molecule is CC(C)(C)c1ncnc2ccc(-c3ccc(F)cc3)nc12. The zero-order chi connectivity index (χ0) is 15.0. The number of hydrogen-bond acceptors (Lipinski definition) is 3. The molecule has 0 aliphatic carbocycles. The molecule has 106 valence electrons. The molecule has 0 N–H and O–H groups in total. The van der Waals surface area contributed by atoms with Crippen molar-refractivity contribution in [3.05, 3.63) is 54.2 Å². The molecule has 0 fully saturated rings. The maximum Gasteiger partial charge on any atom is 0.123 e. The summed E-state index contributed by atoms with van der Waals surface area (Å²) in [7, 11) is 0. The highest BCUT2D eigenvalue weighted by molar-refractivity contribution is 5.80. The van der Waals surface area contributed by atoms with Crippen LogP contribution in [0.4, 0.5) is 4.39 Å². The first-order valence-electron chi connectivity index (χ1n) is 6.83. The number of rotatable bonds is 1. The highest BCUT2D eigenvalue weighted by atomic mass is 19.1. The van der Waals surface area contributed by atoms with Crippen molar-refractivity contribution in [3.63, 3.8) is 0 Å². The number of pyridine rings is 1. The minimum atomic E-state index is -0.252. The third-order valence-electron chi connectivity index (χ3n) is 3.33. The average molecular weight is 281 g/mol. The second-order valence-corrected chi connectivity index (χ2v) is 6.04. The lowest BCUT2D eigenvalue weighted by Gasteiger charge is -2.18. The van der Waals surface area contributed by atoms with E-state index < -0.39 is 0 Å². The van der Waals surface area contributed by atoms with Crippen molar-refractivity contribution in [2.75, 3.05) is 0 Å². The predicted octanol–water partition coefficient (Wildman–Crippen LogP) is 4.13. The lowest BCUT2D eigenvalue weighted by molar-refractivity contribution is 0.572. The van der Waals surface area contributed by atoms with Gasteiger partial charge >= 0.3 is 0 Å². The molecule has 1 aromatic carbocycles. The summed E-state index contributed by atoms with van der Waals surface area (Å²) in [5.41, 5.74) is 4.09. The number of benzene rings is 1. The molecule has 3 rings (SSSR count). The van der Waals surface area contributed by atoms with Gasteiger partial charge in [0.05, 0.1) is 16.9 Å². The quantitative estimate of drug-likeness (QED) is 0.673. The molecule has 0 unspecified atom stereocenters. The van der Waals surface area contributed by atoms with Gasteiger partial charge in [-0.25, -0.2) is 19.3 Å². The Labute approximate surface area is 122 Å². The maximum atomic E-state index is 13.0. The zero-order valence-corrected chi connectivity index (χ0v) is 12.3. The summed E-state index contributed by atoms with van der Waals surface area (Å²) in [4.78, 5) is 13.4. The van der Waals surface area contributed by atoms with Crippen molar-refractivity contribution in [2.45, 2.75) is 26.2 Å². The number of hydrogen-bond donors (Lipinski definition) is 0. The summed E-state index contributed by atoms with van der Waals surface area (Å²) in [6, 6.07) is 10.2. The number of aromatic nitrogens is 3. The first kappa shape index (κ1) is 13.6. The number of nitrogens with zero attached hydrogens (tertiary/aromatic N) is 3. The zero-order valence-electron chi connectivity index (χ0n) is 12.3. The van der Waals surface area contributed by atoms with Crippen LogP contribution in [-0.2, 0) is 5.41 Å². The van der Waals surface area contributed by atoms with Crippen molar-refractivity contribution < 1.29 is 4.39 Å². The van der Waals surface area contributed by atoms with Gasteiger partial charge in [-0.15, -0.1) is 0 Å². The number of fused-ring (bicyclic) bond motifs is 1. The van der Waals surface area contributed by atoms with Crippen molar-refractivity contribution >= 4 is 11.0 Å². The molecule has 2 heterocycles. The Hall–Kier alpha value is -2.36. The van der Waals surface area contributed by atoms with Gasteiger partial charge in [-0.1, -0.05) is 20.8 Å². The summed E-state index contributed by atoms with van der Waals surface area (Å²) in [5.74, 6) is -0.252. The fourth-order valence-corrected chi connectivity index (χ4v) is 2.27. The van der Waals surface area contributed by atoms with E-state index in [0.717, 1.165) is 28.0 Å². The van der Waals surface area contributed by atoms with Gasteiger partial charge in [0, 0.05) is 11.0 Å². The Morgan fingerprint density at radius 2 is 1.62 bits per heavy atom. The van der Waals surface area contributed by atoms with Gasteiger partial charge in [0.1, 0.15) is 17.7 Å². The Morgan fingerprint density at radius 1 is 0.905 bits per heavy atom. The van der Waals surface area contributed by atoms with E-state index in [1.807, 2.05) is 12.1 Å². The molecule has 0 atom stereocenters. The topological polar surface area (TPSA) is 38.7 Å². The Morgan fingerprint density at radius 3 is 2.29 bits per heavy atom. The molecule has 0 aliphatic rings. The van der Waals surface area contributed by atoms with Crippen molar-refractivity contribution in [1.29, 1.82) is 0 Å². The molecule has 3 aromatic rings. The maximum absolute atomic E-state index is 13.0. The fourth-order valence-electron chi connectivity index (χ4n) is 2.27. The monoisotopic (exact) mass is 281 g/mol.